The topological polar surface area (TPSA) is 44.8 Å². The third-order valence-corrected chi connectivity index (χ3v) is 6.27. The number of ether oxygens (including phenoxy) is 1. The van der Waals surface area contributed by atoms with E-state index >= 15 is 0 Å². The number of aryl methyl sites for hydroxylation is 1. The zero-order chi connectivity index (χ0) is 20.4. The Morgan fingerprint density at radius 2 is 2.00 bits per heavy atom. The van der Waals surface area contributed by atoms with Gasteiger partial charge in [0.1, 0.15) is 5.75 Å². The van der Waals surface area contributed by atoms with Gasteiger partial charge in [-0.1, -0.05) is 30.3 Å². The largest absolute Gasteiger partial charge is 0.492 e. The number of carbonyl (C=O) groups is 1. The highest BCUT2D eigenvalue weighted by Gasteiger charge is 2.32. The molecule has 0 aliphatic carbocycles. The van der Waals surface area contributed by atoms with Crippen molar-refractivity contribution in [2.75, 3.05) is 37.0 Å². The Balaban J connectivity index is 1.72. The van der Waals surface area contributed by atoms with Crippen LogP contribution in [0.1, 0.15) is 43.4 Å². The van der Waals surface area contributed by atoms with Crippen LogP contribution >= 0.6 is 0 Å². The zero-order valence-electron chi connectivity index (χ0n) is 17.6. The van der Waals surface area contributed by atoms with Gasteiger partial charge in [-0.2, -0.15) is 0 Å². The van der Waals surface area contributed by atoms with Crippen LogP contribution in [0.5, 0.6) is 5.75 Å². The fraction of sp³-hybridized carbons (Fsp3) is 0.458. The summed E-state index contributed by atoms with van der Waals surface area (Å²) in [4.78, 5) is 16.4. The lowest BCUT2D eigenvalue weighted by molar-refractivity contribution is -0.118. The maximum atomic E-state index is 12.3. The van der Waals surface area contributed by atoms with E-state index in [0.717, 1.165) is 42.9 Å². The summed E-state index contributed by atoms with van der Waals surface area (Å²) in [6.07, 6.45) is 3.60. The molecule has 29 heavy (non-hydrogen) atoms. The summed E-state index contributed by atoms with van der Waals surface area (Å²) >= 11 is 0. The SMILES string of the molecule is CCOc1cc2c(cc1N(C)[C@H]1CCCN[C@H]1c1ccccc1)N(C)C(=O)CC2. The second-order valence-corrected chi connectivity index (χ2v) is 8.00. The number of benzene rings is 2. The quantitative estimate of drug-likeness (QED) is 0.836. The maximum Gasteiger partial charge on any atom is 0.227 e. The lowest BCUT2D eigenvalue weighted by Gasteiger charge is -2.41. The van der Waals surface area contributed by atoms with Gasteiger partial charge in [-0.3, -0.25) is 4.79 Å². The second-order valence-electron chi connectivity index (χ2n) is 8.00. The van der Waals surface area contributed by atoms with Gasteiger partial charge in [-0.15, -0.1) is 0 Å². The summed E-state index contributed by atoms with van der Waals surface area (Å²) in [7, 11) is 4.03. The minimum Gasteiger partial charge on any atom is -0.492 e. The lowest BCUT2D eigenvalue weighted by atomic mass is 9.90. The highest BCUT2D eigenvalue weighted by Crippen LogP contribution is 2.41. The van der Waals surface area contributed by atoms with Gasteiger partial charge in [0.05, 0.1) is 18.3 Å². The molecule has 1 amide bonds. The monoisotopic (exact) mass is 393 g/mol. The summed E-state index contributed by atoms with van der Waals surface area (Å²) < 4.78 is 6.05. The molecule has 1 N–H and O–H groups in total. The summed E-state index contributed by atoms with van der Waals surface area (Å²) in [6.45, 7) is 3.68. The van der Waals surface area contributed by atoms with Crippen molar-refractivity contribution in [2.45, 2.75) is 44.7 Å². The molecule has 4 rings (SSSR count). The van der Waals surface area contributed by atoms with Gasteiger partial charge in [0.25, 0.3) is 0 Å². The molecular formula is C24H31N3O2. The van der Waals surface area contributed by atoms with Gasteiger partial charge < -0.3 is 19.9 Å². The van der Waals surface area contributed by atoms with Crippen molar-refractivity contribution in [3.63, 3.8) is 0 Å². The second kappa shape index (κ2) is 8.46. The summed E-state index contributed by atoms with van der Waals surface area (Å²) in [5.41, 5.74) is 4.56. The molecule has 1 fully saturated rings. The Hall–Kier alpha value is -2.53. The smallest absolute Gasteiger partial charge is 0.227 e. The Morgan fingerprint density at radius 3 is 2.76 bits per heavy atom. The highest BCUT2D eigenvalue weighted by molar-refractivity contribution is 5.97. The first-order valence-electron chi connectivity index (χ1n) is 10.7. The molecule has 1 saturated heterocycles. The molecule has 2 aliphatic rings. The predicted octanol–water partition coefficient (Wildman–Crippen LogP) is 3.92. The van der Waals surface area contributed by atoms with Gasteiger partial charge in [0.15, 0.2) is 0 Å². The first-order valence-corrected chi connectivity index (χ1v) is 10.7. The highest BCUT2D eigenvalue weighted by atomic mass is 16.5. The number of amides is 1. The van der Waals surface area contributed by atoms with Gasteiger partial charge >= 0.3 is 0 Å². The van der Waals surface area contributed by atoms with E-state index in [1.807, 2.05) is 14.0 Å². The molecule has 154 valence electrons. The minimum atomic E-state index is 0.178. The summed E-state index contributed by atoms with van der Waals surface area (Å²) in [6, 6.07) is 15.5. The molecule has 0 saturated carbocycles. The third kappa shape index (κ3) is 3.84. The number of carbonyl (C=O) groups excluding carboxylic acids is 1. The van der Waals surface area contributed by atoms with Gasteiger partial charge in [0.2, 0.25) is 5.91 Å². The molecule has 0 spiro atoms. The summed E-state index contributed by atoms with van der Waals surface area (Å²) in [5, 5.41) is 3.72. The Kier molecular flexibility index (Phi) is 5.76. The van der Waals surface area contributed by atoms with Crippen molar-refractivity contribution >= 4 is 17.3 Å². The fourth-order valence-electron chi connectivity index (χ4n) is 4.67. The lowest BCUT2D eigenvalue weighted by Crippen LogP contribution is -2.47. The Labute approximate surface area is 173 Å². The zero-order valence-corrected chi connectivity index (χ0v) is 17.6. The van der Waals surface area contributed by atoms with Crippen molar-refractivity contribution in [2.24, 2.45) is 0 Å². The van der Waals surface area contributed by atoms with E-state index in [0.29, 0.717) is 19.1 Å². The molecule has 5 heteroatoms. The van der Waals surface area contributed by atoms with Crippen LogP contribution in [0.4, 0.5) is 11.4 Å². The van der Waals surface area contributed by atoms with E-state index in [9.17, 15) is 4.79 Å². The van der Waals surface area contributed by atoms with Crippen LogP contribution in [0.15, 0.2) is 42.5 Å². The van der Waals surface area contributed by atoms with Crippen LogP contribution in [-0.4, -0.2) is 39.2 Å². The number of nitrogens with one attached hydrogen (secondary N) is 1. The molecule has 2 heterocycles. The fourth-order valence-corrected chi connectivity index (χ4v) is 4.67. The predicted molar refractivity (Wildman–Crippen MR) is 118 cm³/mol. The van der Waals surface area contributed by atoms with Crippen LogP contribution in [0.3, 0.4) is 0 Å². The van der Waals surface area contributed by atoms with E-state index < -0.39 is 0 Å². The van der Waals surface area contributed by atoms with Crippen LogP contribution in [0.2, 0.25) is 0 Å². The van der Waals surface area contributed by atoms with Gasteiger partial charge in [0, 0.05) is 32.2 Å². The summed E-state index contributed by atoms with van der Waals surface area (Å²) in [5.74, 6) is 1.09. The average molecular weight is 394 g/mol. The maximum absolute atomic E-state index is 12.3. The molecular weight excluding hydrogens is 362 g/mol. The van der Waals surface area contributed by atoms with Crippen LogP contribution < -0.4 is 19.9 Å². The number of nitrogens with zero attached hydrogens (tertiary/aromatic N) is 2. The van der Waals surface area contributed by atoms with Crippen molar-refractivity contribution in [1.82, 2.24) is 5.32 Å². The van der Waals surface area contributed by atoms with Crippen LogP contribution in [0, 0.1) is 0 Å². The first kappa shape index (κ1) is 19.8. The standard InChI is InChI=1S/C24H31N3O2/c1-4-29-22-15-18-12-13-23(28)27(3)20(18)16-21(22)26(2)19-11-8-14-25-24(19)17-9-6-5-7-10-17/h5-7,9-10,15-16,19,24-25H,4,8,11-14H2,1-3H3/t19-,24-/m0/s1. The van der Waals surface area contributed by atoms with Crippen LogP contribution in [0.25, 0.3) is 0 Å². The number of rotatable bonds is 5. The molecule has 2 aromatic carbocycles. The van der Waals surface area contributed by atoms with Crippen molar-refractivity contribution in [3.8, 4) is 5.75 Å². The number of hydrogen-bond donors (Lipinski definition) is 1. The van der Waals surface area contributed by atoms with E-state index in [1.165, 1.54) is 11.1 Å². The third-order valence-electron chi connectivity index (χ3n) is 6.27. The van der Waals surface area contributed by atoms with Crippen LogP contribution in [-0.2, 0) is 11.2 Å². The molecule has 0 bridgehead atoms. The number of hydrogen-bond acceptors (Lipinski definition) is 4. The molecule has 2 aliphatic heterocycles. The molecule has 0 aromatic heterocycles. The Bertz CT molecular complexity index is 868. The first-order chi connectivity index (χ1) is 14.1. The molecule has 2 aromatic rings. The van der Waals surface area contributed by atoms with E-state index in [-0.39, 0.29) is 11.9 Å². The number of likely N-dealkylation sites (N-methyl/N-ethyl adjacent to an activating group) is 1. The van der Waals surface area contributed by atoms with Crippen molar-refractivity contribution in [3.05, 3.63) is 53.6 Å². The van der Waals surface area contributed by atoms with E-state index in [4.69, 9.17) is 4.74 Å². The van der Waals surface area contributed by atoms with Crippen molar-refractivity contribution in [1.29, 1.82) is 0 Å². The van der Waals surface area contributed by atoms with E-state index in [1.54, 1.807) is 4.90 Å². The molecule has 5 nitrogen and oxygen atoms in total. The van der Waals surface area contributed by atoms with Crippen molar-refractivity contribution < 1.29 is 9.53 Å². The molecule has 0 unspecified atom stereocenters. The van der Waals surface area contributed by atoms with Gasteiger partial charge in [-0.05, 0) is 56.0 Å². The van der Waals surface area contributed by atoms with Gasteiger partial charge in [-0.25, -0.2) is 0 Å². The molecule has 2 atom stereocenters. The minimum absolute atomic E-state index is 0.178. The normalized spacial score (nSPS) is 21.6. The Morgan fingerprint density at radius 1 is 1.21 bits per heavy atom. The number of anilines is 2. The number of piperidine rings is 1. The van der Waals surface area contributed by atoms with E-state index in [2.05, 4.69) is 59.7 Å². The number of fused-ring (bicyclic) bond motifs is 1. The average Bonchev–Trinajstić information content (AvgIpc) is 2.76. The molecule has 0 radical (unpaired) electrons.